The van der Waals surface area contributed by atoms with Crippen molar-refractivity contribution in [3.05, 3.63) is 63.6 Å². The predicted molar refractivity (Wildman–Crippen MR) is 97.6 cm³/mol. The molecular formula is C18H18Cl2N2O2. The molecule has 4 nitrogen and oxygen atoms in total. The van der Waals surface area contributed by atoms with Gasteiger partial charge in [-0.2, -0.15) is 0 Å². The number of hydrogen-bond acceptors (Lipinski definition) is 2. The molecule has 2 aromatic carbocycles. The SMILES string of the molecule is CC(C)C(C(=O)Nc1ccc(Cl)c(C(N)=O)c1)c1ccc(Cl)cc1. The van der Waals surface area contributed by atoms with Gasteiger partial charge in [-0.15, -0.1) is 0 Å². The summed E-state index contributed by atoms with van der Waals surface area (Å²) >= 11 is 11.8. The second-order valence-corrected chi connectivity index (χ2v) is 6.67. The van der Waals surface area contributed by atoms with E-state index in [4.69, 9.17) is 28.9 Å². The average molecular weight is 365 g/mol. The highest BCUT2D eigenvalue weighted by molar-refractivity contribution is 6.34. The standard InChI is InChI=1S/C18H18Cl2N2O2/c1-10(2)16(11-3-5-12(19)6-4-11)18(24)22-13-7-8-15(20)14(9-13)17(21)23/h3-10,16H,1-2H3,(H2,21,23)(H,22,24). The van der Waals surface area contributed by atoms with Gasteiger partial charge in [0.1, 0.15) is 0 Å². The Kier molecular flexibility index (Phi) is 5.86. The van der Waals surface area contributed by atoms with Crippen LogP contribution in [0, 0.1) is 5.92 Å². The molecule has 0 aromatic heterocycles. The molecule has 0 spiro atoms. The average Bonchev–Trinajstić information content (AvgIpc) is 2.50. The molecule has 2 amide bonds. The number of amides is 2. The molecule has 0 saturated heterocycles. The van der Waals surface area contributed by atoms with Gasteiger partial charge in [-0.05, 0) is 41.8 Å². The number of carbonyl (C=O) groups is 2. The van der Waals surface area contributed by atoms with Crippen molar-refractivity contribution in [2.45, 2.75) is 19.8 Å². The number of nitrogens with two attached hydrogens (primary N) is 1. The number of nitrogens with one attached hydrogen (secondary N) is 1. The molecular weight excluding hydrogens is 347 g/mol. The number of halogens is 2. The Balaban J connectivity index is 2.27. The quantitative estimate of drug-likeness (QED) is 0.821. The highest BCUT2D eigenvalue weighted by Crippen LogP contribution is 2.28. The van der Waals surface area contributed by atoms with Crippen LogP contribution in [0.1, 0.15) is 35.7 Å². The number of anilines is 1. The third-order valence-corrected chi connectivity index (χ3v) is 4.26. The van der Waals surface area contributed by atoms with Crippen LogP contribution in [0.4, 0.5) is 5.69 Å². The van der Waals surface area contributed by atoms with Gasteiger partial charge in [0.25, 0.3) is 0 Å². The van der Waals surface area contributed by atoms with Crippen LogP contribution in [0.2, 0.25) is 10.0 Å². The van der Waals surface area contributed by atoms with Crippen LogP contribution in [-0.4, -0.2) is 11.8 Å². The summed E-state index contributed by atoms with van der Waals surface area (Å²) in [6.45, 7) is 3.94. The molecule has 2 rings (SSSR count). The Morgan fingerprint density at radius 2 is 1.67 bits per heavy atom. The van der Waals surface area contributed by atoms with Gasteiger partial charge >= 0.3 is 0 Å². The van der Waals surface area contributed by atoms with Crippen molar-refractivity contribution in [1.82, 2.24) is 0 Å². The maximum atomic E-state index is 12.7. The summed E-state index contributed by atoms with van der Waals surface area (Å²) in [5.74, 6) is -1.09. The fourth-order valence-corrected chi connectivity index (χ4v) is 2.86. The molecule has 1 unspecified atom stereocenters. The van der Waals surface area contributed by atoms with Gasteiger partial charge in [0.15, 0.2) is 0 Å². The highest BCUT2D eigenvalue weighted by atomic mass is 35.5. The first-order valence-electron chi connectivity index (χ1n) is 7.45. The normalized spacial score (nSPS) is 12.0. The number of rotatable bonds is 5. The molecule has 3 N–H and O–H groups in total. The first kappa shape index (κ1) is 18.3. The summed E-state index contributed by atoms with van der Waals surface area (Å²) < 4.78 is 0. The maximum absolute atomic E-state index is 12.7. The van der Waals surface area contributed by atoms with E-state index in [0.29, 0.717) is 10.7 Å². The molecule has 0 fully saturated rings. The molecule has 24 heavy (non-hydrogen) atoms. The van der Waals surface area contributed by atoms with Gasteiger partial charge in [0.2, 0.25) is 11.8 Å². The van der Waals surface area contributed by atoms with E-state index in [2.05, 4.69) is 5.32 Å². The van der Waals surface area contributed by atoms with E-state index < -0.39 is 5.91 Å². The van der Waals surface area contributed by atoms with Crippen molar-refractivity contribution in [3.63, 3.8) is 0 Å². The van der Waals surface area contributed by atoms with Crippen LogP contribution in [0.5, 0.6) is 0 Å². The topological polar surface area (TPSA) is 72.2 Å². The summed E-state index contributed by atoms with van der Waals surface area (Å²) in [7, 11) is 0. The Morgan fingerprint density at radius 3 is 2.21 bits per heavy atom. The van der Waals surface area contributed by atoms with Crippen LogP contribution in [-0.2, 0) is 4.79 Å². The molecule has 0 aliphatic heterocycles. The Hall–Kier alpha value is -2.04. The van der Waals surface area contributed by atoms with Gasteiger partial charge in [-0.25, -0.2) is 0 Å². The van der Waals surface area contributed by atoms with Crippen LogP contribution < -0.4 is 11.1 Å². The second-order valence-electron chi connectivity index (χ2n) is 5.82. The van der Waals surface area contributed by atoms with Crippen molar-refractivity contribution in [2.75, 3.05) is 5.32 Å². The minimum Gasteiger partial charge on any atom is -0.366 e. The smallest absolute Gasteiger partial charge is 0.250 e. The predicted octanol–water partition coefficient (Wildman–Crippen LogP) is 4.47. The van der Waals surface area contributed by atoms with Gasteiger partial charge in [-0.3, -0.25) is 9.59 Å². The lowest BCUT2D eigenvalue weighted by Gasteiger charge is -2.21. The molecule has 0 heterocycles. The first-order valence-corrected chi connectivity index (χ1v) is 8.21. The van der Waals surface area contributed by atoms with E-state index in [0.717, 1.165) is 5.56 Å². The third kappa shape index (κ3) is 4.28. The molecule has 6 heteroatoms. The molecule has 0 aliphatic carbocycles. The molecule has 0 bridgehead atoms. The van der Waals surface area contributed by atoms with Crippen LogP contribution in [0.15, 0.2) is 42.5 Å². The zero-order valence-corrected chi connectivity index (χ0v) is 14.9. The van der Waals surface area contributed by atoms with E-state index in [-0.39, 0.29) is 28.3 Å². The van der Waals surface area contributed by atoms with Crippen LogP contribution in [0.25, 0.3) is 0 Å². The van der Waals surface area contributed by atoms with Crippen molar-refractivity contribution in [3.8, 4) is 0 Å². The van der Waals surface area contributed by atoms with Gasteiger partial charge in [0, 0.05) is 10.7 Å². The molecule has 1 atom stereocenters. The Labute approximate surface area is 150 Å². The van der Waals surface area contributed by atoms with Crippen molar-refractivity contribution in [2.24, 2.45) is 11.7 Å². The van der Waals surface area contributed by atoms with Crippen molar-refractivity contribution in [1.29, 1.82) is 0 Å². The number of benzene rings is 2. The number of primary amides is 1. The van der Waals surface area contributed by atoms with Gasteiger partial charge < -0.3 is 11.1 Å². The first-order chi connectivity index (χ1) is 11.3. The lowest BCUT2D eigenvalue weighted by atomic mass is 9.87. The monoisotopic (exact) mass is 364 g/mol. The number of carbonyl (C=O) groups excluding carboxylic acids is 2. The van der Waals surface area contributed by atoms with Gasteiger partial charge in [0.05, 0.1) is 16.5 Å². The van der Waals surface area contributed by atoms with E-state index in [9.17, 15) is 9.59 Å². The van der Waals surface area contributed by atoms with E-state index in [1.165, 1.54) is 12.1 Å². The van der Waals surface area contributed by atoms with E-state index >= 15 is 0 Å². The summed E-state index contributed by atoms with van der Waals surface area (Å²) in [5.41, 5.74) is 6.79. The maximum Gasteiger partial charge on any atom is 0.250 e. The van der Waals surface area contributed by atoms with Crippen molar-refractivity contribution >= 4 is 40.7 Å². The lowest BCUT2D eigenvalue weighted by Crippen LogP contribution is -2.25. The zero-order valence-electron chi connectivity index (χ0n) is 13.3. The Morgan fingerprint density at radius 1 is 1.04 bits per heavy atom. The second kappa shape index (κ2) is 7.69. The summed E-state index contributed by atoms with van der Waals surface area (Å²) in [4.78, 5) is 24.1. The van der Waals surface area contributed by atoms with Crippen LogP contribution in [0.3, 0.4) is 0 Å². The highest BCUT2D eigenvalue weighted by Gasteiger charge is 2.24. The largest absolute Gasteiger partial charge is 0.366 e. The zero-order chi connectivity index (χ0) is 17.9. The molecule has 0 aliphatic rings. The minimum atomic E-state index is -0.644. The molecule has 2 aromatic rings. The minimum absolute atomic E-state index is 0.0779. The fourth-order valence-electron chi connectivity index (χ4n) is 2.52. The summed E-state index contributed by atoms with van der Waals surface area (Å²) in [6.07, 6.45) is 0. The van der Waals surface area contributed by atoms with Crippen molar-refractivity contribution < 1.29 is 9.59 Å². The van der Waals surface area contributed by atoms with E-state index in [1.54, 1.807) is 18.2 Å². The molecule has 126 valence electrons. The fraction of sp³-hybridized carbons (Fsp3) is 0.222. The molecule has 0 radical (unpaired) electrons. The van der Waals surface area contributed by atoms with Crippen LogP contribution >= 0.6 is 23.2 Å². The van der Waals surface area contributed by atoms with E-state index in [1.807, 2.05) is 26.0 Å². The summed E-state index contributed by atoms with van der Waals surface area (Å²) in [5, 5.41) is 3.69. The lowest BCUT2D eigenvalue weighted by molar-refractivity contribution is -0.118. The summed E-state index contributed by atoms with van der Waals surface area (Å²) in [6, 6.07) is 11.8. The van der Waals surface area contributed by atoms with Gasteiger partial charge in [-0.1, -0.05) is 49.2 Å². The number of hydrogen-bond donors (Lipinski definition) is 2. The third-order valence-electron chi connectivity index (χ3n) is 3.68. The molecule has 0 saturated carbocycles. The Bertz CT molecular complexity index is 758.